The van der Waals surface area contributed by atoms with Gasteiger partial charge in [-0.15, -0.1) is 0 Å². The van der Waals surface area contributed by atoms with Gasteiger partial charge in [-0.05, 0) is 42.2 Å². The molecule has 2 fully saturated rings. The van der Waals surface area contributed by atoms with E-state index in [1.54, 1.807) is 31.3 Å². The highest BCUT2D eigenvalue weighted by Gasteiger charge is 2.67. The molecule has 0 bridgehead atoms. The maximum atomic E-state index is 15.4. The van der Waals surface area contributed by atoms with Crippen molar-refractivity contribution in [3.63, 3.8) is 0 Å². The van der Waals surface area contributed by atoms with E-state index in [2.05, 4.69) is 10.6 Å². The van der Waals surface area contributed by atoms with Gasteiger partial charge < -0.3 is 15.2 Å². The van der Waals surface area contributed by atoms with Crippen molar-refractivity contribution in [2.75, 3.05) is 12.4 Å². The third-order valence-corrected chi connectivity index (χ3v) is 7.75. The van der Waals surface area contributed by atoms with Crippen LogP contribution < -0.4 is 10.6 Å². The minimum atomic E-state index is -1.36. The Labute approximate surface area is 196 Å². The topological polar surface area (TPSA) is 78.4 Å². The summed E-state index contributed by atoms with van der Waals surface area (Å²) in [7, 11) is 1.72. The lowest BCUT2D eigenvalue weighted by atomic mass is 9.55. The number of hydrogen-bond acceptors (Lipinski definition) is 4. The van der Waals surface area contributed by atoms with Gasteiger partial charge in [-0.3, -0.25) is 10.1 Å². The SMILES string of the molecule is CNc1cc(Cl)ccc1C1(C=O)[C@@H](c2cccc(Cl)c2F)C(C(=O)O)NC12CCCCC2. The Kier molecular flexibility index (Phi) is 6.23. The third-order valence-electron chi connectivity index (χ3n) is 7.22. The van der Waals surface area contributed by atoms with E-state index in [1.807, 2.05) is 0 Å². The minimum absolute atomic E-state index is 0.110. The van der Waals surface area contributed by atoms with Crippen LogP contribution in [0.4, 0.5) is 10.1 Å². The second-order valence-electron chi connectivity index (χ2n) is 8.65. The number of aldehydes is 1. The highest BCUT2D eigenvalue weighted by atomic mass is 35.5. The molecule has 0 radical (unpaired) electrons. The summed E-state index contributed by atoms with van der Waals surface area (Å²) >= 11 is 12.3. The predicted molar refractivity (Wildman–Crippen MR) is 123 cm³/mol. The first-order valence-electron chi connectivity index (χ1n) is 10.7. The Bertz CT molecular complexity index is 1060. The largest absolute Gasteiger partial charge is 0.480 e. The molecule has 3 atom stereocenters. The molecule has 2 aromatic rings. The van der Waals surface area contributed by atoms with Gasteiger partial charge in [-0.1, -0.05) is 60.7 Å². The Morgan fingerprint density at radius 2 is 1.94 bits per heavy atom. The molecule has 8 heteroatoms. The van der Waals surface area contributed by atoms with Gasteiger partial charge in [0.1, 0.15) is 18.1 Å². The Morgan fingerprint density at radius 1 is 1.22 bits per heavy atom. The Balaban J connectivity index is 2.09. The molecule has 1 aliphatic heterocycles. The summed E-state index contributed by atoms with van der Waals surface area (Å²) in [5.41, 5.74) is -0.888. The maximum Gasteiger partial charge on any atom is 0.321 e. The van der Waals surface area contributed by atoms with Gasteiger partial charge in [0.25, 0.3) is 0 Å². The second kappa shape index (κ2) is 8.65. The number of benzene rings is 2. The fraction of sp³-hybridized carbons (Fsp3) is 0.417. The van der Waals surface area contributed by atoms with Crippen LogP contribution in [0.1, 0.15) is 49.1 Å². The molecule has 2 aliphatic rings. The predicted octanol–water partition coefficient (Wildman–Crippen LogP) is 5.15. The number of aliphatic carboxylic acids is 1. The first kappa shape index (κ1) is 23.0. The highest BCUT2D eigenvalue weighted by Crippen LogP contribution is 2.59. The Morgan fingerprint density at radius 3 is 2.56 bits per heavy atom. The summed E-state index contributed by atoms with van der Waals surface area (Å²) in [6, 6.07) is 8.49. The molecule has 2 aromatic carbocycles. The number of anilines is 1. The van der Waals surface area contributed by atoms with Crippen LogP contribution in [-0.2, 0) is 15.0 Å². The average Bonchev–Trinajstić information content (AvgIpc) is 3.06. The van der Waals surface area contributed by atoms with Crippen molar-refractivity contribution >= 4 is 41.1 Å². The zero-order valence-corrected chi connectivity index (χ0v) is 19.1. The maximum absolute atomic E-state index is 15.4. The summed E-state index contributed by atoms with van der Waals surface area (Å²) in [5.74, 6) is -2.85. The third kappa shape index (κ3) is 3.31. The zero-order chi connectivity index (χ0) is 23.1. The normalized spacial score (nSPS) is 26.8. The number of carboxylic acids is 1. The summed E-state index contributed by atoms with van der Waals surface area (Å²) in [6.07, 6.45) is 4.68. The van der Waals surface area contributed by atoms with Gasteiger partial charge in [0.05, 0.1) is 10.4 Å². The van der Waals surface area contributed by atoms with E-state index in [0.717, 1.165) is 25.5 Å². The summed E-state index contributed by atoms with van der Waals surface area (Å²) < 4.78 is 15.4. The molecule has 1 saturated heterocycles. The number of nitrogens with one attached hydrogen (secondary N) is 2. The van der Waals surface area contributed by atoms with Crippen LogP contribution in [0.2, 0.25) is 10.0 Å². The zero-order valence-electron chi connectivity index (χ0n) is 17.6. The quantitative estimate of drug-likeness (QED) is 0.517. The number of carbonyl (C=O) groups is 2. The molecule has 4 rings (SSSR count). The Hall–Kier alpha value is -2.15. The van der Waals surface area contributed by atoms with E-state index < -0.39 is 34.7 Å². The van der Waals surface area contributed by atoms with E-state index in [-0.39, 0.29) is 10.6 Å². The molecule has 1 saturated carbocycles. The van der Waals surface area contributed by atoms with Crippen molar-refractivity contribution < 1.29 is 19.1 Å². The van der Waals surface area contributed by atoms with Crippen molar-refractivity contribution in [2.45, 2.75) is 55.0 Å². The smallest absolute Gasteiger partial charge is 0.321 e. The molecule has 0 aromatic heterocycles. The van der Waals surface area contributed by atoms with Crippen molar-refractivity contribution in [1.82, 2.24) is 5.32 Å². The van der Waals surface area contributed by atoms with Crippen molar-refractivity contribution in [1.29, 1.82) is 0 Å². The second-order valence-corrected chi connectivity index (χ2v) is 9.49. The fourth-order valence-electron chi connectivity index (χ4n) is 5.92. The first-order chi connectivity index (χ1) is 15.3. The van der Waals surface area contributed by atoms with Gasteiger partial charge in [0, 0.05) is 29.2 Å². The standard InChI is InChI=1S/C24H25Cl2FN2O3/c1-28-18-12-14(25)8-9-16(18)24(13-30)19(15-6-5-7-17(26)20(15)27)21(22(31)32)29-23(24)10-3-2-4-11-23/h5-9,12-13,19,21,28-29H,2-4,10-11H2,1H3,(H,31,32)/t19-,21?,24?/m0/s1. The number of halogens is 3. The molecule has 32 heavy (non-hydrogen) atoms. The molecule has 0 amide bonds. The van der Waals surface area contributed by atoms with Crippen molar-refractivity contribution in [3.8, 4) is 0 Å². The molecule has 5 nitrogen and oxygen atoms in total. The minimum Gasteiger partial charge on any atom is -0.480 e. The van der Waals surface area contributed by atoms with Crippen LogP contribution in [0, 0.1) is 5.82 Å². The van der Waals surface area contributed by atoms with Crippen LogP contribution in [0.3, 0.4) is 0 Å². The lowest BCUT2D eigenvalue weighted by molar-refractivity contribution is -0.139. The van der Waals surface area contributed by atoms with Crippen LogP contribution in [-0.4, -0.2) is 36.0 Å². The summed E-state index contributed by atoms with van der Waals surface area (Å²) in [5, 5.41) is 17.0. The van der Waals surface area contributed by atoms with Gasteiger partial charge in [0.15, 0.2) is 0 Å². The first-order valence-corrected chi connectivity index (χ1v) is 11.5. The van der Waals surface area contributed by atoms with Gasteiger partial charge in [-0.2, -0.15) is 0 Å². The number of carbonyl (C=O) groups excluding carboxylic acids is 1. The van der Waals surface area contributed by atoms with Crippen LogP contribution in [0.5, 0.6) is 0 Å². The van der Waals surface area contributed by atoms with Crippen molar-refractivity contribution in [2.24, 2.45) is 0 Å². The van der Waals surface area contributed by atoms with E-state index in [0.29, 0.717) is 29.1 Å². The lowest BCUT2D eigenvalue weighted by Crippen LogP contribution is -2.58. The molecule has 1 aliphatic carbocycles. The van der Waals surface area contributed by atoms with Gasteiger partial charge in [0.2, 0.25) is 0 Å². The lowest BCUT2D eigenvalue weighted by Gasteiger charge is -2.48. The summed E-state index contributed by atoms with van der Waals surface area (Å²) in [4.78, 5) is 25.7. The molecule has 2 unspecified atom stereocenters. The monoisotopic (exact) mass is 478 g/mol. The number of hydrogen-bond donors (Lipinski definition) is 3. The summed E-state index contributed by atoms with van der Waals surface area (Å²) in [6.45, 7) is 0. The van der Waals surface area contributed by atoms with Crippen LogP contribution in [0.15, 0.2) is 36.4 Å². The molecule has 1 heterocycles. The molecular weight excluding hydrogens is 454 g/mol. The molecule has 170 valence electrons. The van der Waals surface area contributed by atoms with E-state index in [4.69, 9.17) is 23.2 Å². The molecule has 3 N–H and O–H groups in total. The van der Waals surface area contributed by atoms with Crippen LogP contribution in [0.25, 0.3) is 0 Å². The average molecular weight is 479 g/mol. The van der Waals surface area contributed by atoms with Crippen molar-refractivity contribution in [3.05, 3.63) is 63.4 Å². The molecule has 1 spiro atoms. The van der Waals surface area contributed by atoms with E-state index in [9.17, 15) is 14.7 Å². The van der Waals surface area contributed by atoms with Gasteiger partial charge >= 0.3 is 5.97 Å². The van der Waals surface area contributed by atoms with Crippen LogP contribution >= 0.6 is 23.2 Å². The number of carboxylic acid groups (broad SMARTS) is 1. The van der Waals surface area contributed by atoms with E-state index >= 15 is 4.39 Å². The fourth-order valence-corrected chi connectivity index (χ4v) is 6.28. The number of rotatable bonds is 5. The van der Waals surface area contributed by atoms with Gasteiger partial charge in [-0.25, -0.2) is 4.39 Å². The molecular formula is C24H25Cl2FN2O3. The highest BCUT2D eigenvalue weighted by molar-refractivity contribution is 6.31. The van der Waals surface area contributed by atoms with E-state index in [1.165, 1.54) is 12.1 Å².